The van der Waals surface area contributed by atoms with Gasteiger partial charge in [0.1, 0.15) is 11.4 Å². The molecule has 0 unspecified atom stereocenters. The van der Waals surface area contributed by atoms with Gasteiger partial charge in [-0.05, 0) is 53.6 Å². The molecule has 1 heterocycles. The minimum absolute atomic E-state index is 0.0410. The quantitative estimate of drug-likeness (QED) is 0.406. The van der Waals surface area contributed by atoms with Crippen LogP contribution >= 0.6 is 11.6 Å². The van der Waals surface area contributed by atoms with E-state index in [0.717, 1.165) is 29.5 Å². The number of halogens is 2. The van der Waals surface area contributed by atoms with Gasteiger partial charge in [-0.15, -0.1) is 0 Å². The van der Waals surface area contributed by atoms with Crippen molar-refractivity contribution in [3.63, 3.8) is 0 Å². The number of hydrogen-bond donors (Lipinski definition) is 2. The molecule has 31 heavy (non-hydrogen) atoms. The third-order valence-electron chi connectivity index (χ3n) is 4.61. The molecule has 0 radical (unpaired) electrons. The molecule has 0 saturated heterocycles. The summed E-state index contributed by atoms with van der Waals surface area (Å²) in [6, 6.07) is 15.5. The summed E-state index contributed by atoms with van der Waals surface area (Å²) in [5, 5.41) is 0.497. The standard InChI is InChI=1S/C22H16ClFN2O4S/c1-31(28,29)26-15-4-2-3-12(9-15)13-5-7-17-19(10-13)30-22(20(17)25)21(27)16-8-6-14(24)11-18(16)23/h2-11,26H,25H2,1H3. The average Bonchev–Trinajstić information content (AvgIpc) is 3.02. The number of rotatable bonds is 5. The molecule has 9 heteroatoms. The first-order chi connectivity index (χ1) is 14.6. The second kappa shape index (κ2) is 7.72. The minimum atomic E-state index is -3.41. The summed E-state index contributed by atoms with van der Waals surface area (Å²) in [4.78, 5) is 12.9. The molecular weight excluding hydrogens is 443 g/mol. The first-order valence-corrected chi connectivity index (χ1v) is 11.3. The zero-order chi connectivity index (χ0) is 22.3. The molecule has 3 aromatic carbocycles. The van der Waals surface area contributed by atoms with E-state index in [1.807, 2.05) is 6.07 Å². The molecule has 158 valence electrons. The molecule has 0 spiro atoms. The van der Waals surface area contributed by atoms with Gasteiger partial charge >= 0.3 is 0 Å². The van der Waals surface area contributed by atoms with Gasteiger partial charge < -0.3 is 10.2 Å². The molecule has 0 amide bonds. The fourth-order valence-corrected chi connectivity index (χ4v) is 4.05. The van der Waals surface area contributed by atoms with Crippen molar-refractivity contribution < 1.29 is 22.0 Å². The van der Waals surface area contributed by atoms with Crippen molar-refractivity contribution >= 4 is 49.8 Å². The highest BCUT2D eigenvalue weighted by atomic mass is 35.5. The molecule has 6 nitrogen and oxygen atoms in total. The van der Waals surface area contributed by atoms with Crippen molar-refractivity contribution in [3.05, 3.63) is 82.8 Å². The van der Waals surface area contributed by atoms with Crippen LogP contribution in [0.1, 0.15) is 16.1 Å². The molecule has 4 rings (SSSR count). The van der Waals surface area contributed by atoms with Gasteiger partial charge in [-0.1, -0.05) is 29.8 Å². The number of anilines is 2. The van der Waals surface area contributed by atoms with Gasteiger partial charge in [0.2, 0.25) is 15.8 Å². The Bertz CT molecular complexity index is 1450. The zero-order valence-corrected chi connectivity index (χ0v) is 17.7. The number of sulfonamides is 1. The monoisotopic (exact) mass is 458 g/mol. The highest BCUT2D eigenvalue weighted by Crippen LogP contribution is 2.34. The van der Waals surface area contributed by atoms with Crippen LogP contribution < -0.4 is 10.5 Å². The Hall–Kier alpha value is -3.36. The SMILES string of the molecule is CS(=O)(=O)Nc1cccc(-c2ccc3c(N)c(C(=O)c4ccc(F)cc4Cl)oc3c2)c1. The zero-order valence-electron chi connectivity index (χ0n) is 16.1. The molecule has 0 saturated carbocycles. The number of ketones is 1. The predicted molar refractivity (Wildman–Crippen MR) is 119 cm³/mol. The Morgan fingerprint density at radius 2 is 1.81 bits per heavy atom. The van der Waals surface area contributed by atoms with E-state index in [1.54, 1.807) is 36.4 Å². The Labute approximate surface area is 182 Å². The fourth-order valence-electron chi connectivity index (χ4n) is 3.24. The van der Waals surface area contributed by atoms with Crippen molar-refractivity contribution in [1.29, 1.82) is 0 Å². The smallest absolute Gasteiger partial charge is 0.231 e. The average molecular weight is 459 g/mol. The van der Waals surface area contributed by atoms with Crippen LogP contribution in [-0.2, 0) is 10.0 Å². The van der Waals surface area contributed by atoms with E-state index in [9.17, 15) is 17.6 Å². The van der Waals surface area contributed by atoms with Gasteiger partial charge in [-0.3, -0.25) is 9.52 Å². The van der Waals surface area contributed by atoms with Crippen LogP contribution in [-0.4, -0.2) is 20.5 Å². The van der Waals surface area contributed by atoms with Crippen molar-refractivity contribution in [1.82, 2.24) is 0 Å². The van der Waals surface area contributed by atoms with Crippen LogP contribution in [0.4, 0.5) is 15.8 Å². The maximum Gasteiger partial charge on any atom is 0.231 e. The highest BCUT2D eigenvalue weighted by Gasteiger charge is 2.22. The van der Waals surface area contributed by atoms with Crippen LogP contribution in [0.3, 0.4) is 0 Å². The summed E-state index contributed by atoms with van der Waals surface area (Å²) in [5.41, 5.74) is 8.62. The lowest BCUT2D eigenvalue weighted by Crippen LogP contribution is -2.09. The summed E-state index contributed by atoms with van der Waals surface area (Å²) in [7, 11) is -3.41. The van der Waals surface area contributed by atoms with E-state index in [-0.39, 0.29) is 22.0 Å². The molecule has 0 fully saturated rings. The number of carbonyl (C=O) groups excluding carboxylic acids is 1. The number of benzene rings is 3. The molecule has 4 aromatic rings. The lowest BCUT2D eigenvalue weighted by atomic mass is 10.0. The number of nitrogens with two attached hydrogens (primary N) is 1. The Morgan fingerprint density at radius 1 is 1.06 bits per heavy atom. The van der Waals surface area contributed by atoms with Gasteiger partial charge in [0, 0.05) is 16.6 Å². The Kier molecular flexibility index (Phi) is 5.20. The molecule has 0 aliphatic carbocycles. The van der Waals surface area contributed by atoms with Gasteiger partial charge in [0.05, 0.1) is 17.0 Å². The van der Waals surface area contributed by atoms with Crippen LogP contribution in [0.2, 0.25) is 5.02 Å². The first-order valence-electron chi connectivity index (χ1n) is 9.02. The first kappa shape index (κ1) is 20.9. The van der Waals surface area contributed by atoms with Gasteiger partial charge in [0.15, 0.2) is 5.76 Å². The van der Waals surface area contributed by atoms with Crippen molar-refractivity contribution in [2.75, 3.05) is 16.7 Å². The maximum atomic E-state index is 13.3. The van der Waals surface area contributed by atoms with Crippen molar-refractivity contribution in [3.8, 4) is 11.1 Å². The van der Waals surface area contributed by atoms with Gasteiger partial charge in [-0.2, -0.15) is 0 Å². The van der Waals surface area contributed by atoms with Crippen molar-refractivity contribution in [2.45, 2.75) is 0 Å². The molecule has 0 atom stereocenters. The third kappa shape index (κ3) is 4.26. The third-order valence-corrected chi connectivity index (χ3v) is 5.53. The van der Waals surface area contributed by atoms with E-state index in [4.69, 9.17) is 21.8 Å². The molecule has 0 aliphatic heterocycles. The number of nitrogen functional groups attached to an aromatic ring is 1. The van der Waals surface area contributed by atoms with Crippen LogP contribution in [0.5, 0.6) is 0 Å². The van der Waals surface area contributed by atoms with Crippen molar-refractivity contribution in [2.24, 2.45) is 0 Å². The molecule has 0 aliphatic rings. The Balaban J connectivity index is 1.75. The minimum Gasteiger partial charge on any atom is -0.450 e. The topological polar surface area (TPSA) is 102 Å². The van der Waals surface area contributed by atoms with Gasteiger partial charge in [-0.25, -0.2) is 12.8 Å². The Morgan fingerprint density at radius 3 is 2.52 bits per heavy atom. The lowest BCUT2D eigenvalue weighted by Gasteiger charge is -2.07. The second-order valence-corrected chi connectivity index (χ2v) is 9.12. The summed E-state index contributed by atoms with van der Waals surface area (Å²) in [6.45, 7) is 0. The van der Waals surface area contributed by atoms with E-state index < -0.39 is 21.6 Å². The number of furan rings is 1. The summed E-state index contributed by atoms with van der Waals surface area (Å²) < 4.78 is 44.4. The normalized spacial score (nSPS) is 11.6. The largest absolute Gasteiger partial charge is 0.450 e. The highest BCUT2D eigenvalue weighted by molar-refractivity contribution is 7.92. The molecule has 3 N–H and O–H groups in total. The lowest BCUT2D eigenvalue weighted by molar-refractivity contribution is 0.101. The van der Waals surface area contributed by atoms with Crippen LogP contribution in [0, 0.1) is 5.82 Å². The summed E-state index contributed by atoms with van der Waals surface area (Å²) >= 11 is 6.00. The molecule has 0 bridgehead atoms. The predicted octanol–water partition coefficient (Wildman–Crippen LogP) is 5.08. The summed E-state index contributed by atoms with van der Waals surface area (Å²) in [6.07, 6.45) is 1.07. The van der Waals surface area contributed by atoms with E-state index in [0.29, 0.717) is 16.7 Å². The van der Waals surface area contributed by atoms with Crippen LogP contribution in [0.25, 0.3) is 22.1 Å². The fraction of sp³-hybridized carbons (Fsp3) is 0.0455. The number of nitrogens with one attached hydrogen (secondary N) is 1. The van der Waals surface area contributed by atoms with Crippen LogP contribution in [0.15, 0.2) is 65.1 Å². The number of hydrogen-bond acceptors (Lipinski definition) is 5. The summed E-state index contributed by atoms with van der Waals surface area (Å²) in [5.74, 6) is -1.20. The number of fused-ring (bicyclic) bond motifs is 1. The van der Waals surface area contributed by atoms with Gasteiger partial charge in [0.25, 0.3) is 0 Å². The maximum absolute atomic E-state index is 13.3. The molecule has 1 aromatic heterocycles. The van der Waals surface area contributed by atoms with E-state index >= 15 is 0 Å². The second-order valence-electron chi connectivity index (χ2n) is 6.96. The number of carbonyl (C=O) groups is 1. The van der Waals surface area contributed by atoms with E-state index in [2.05, 4.69) is 4.72 Å². The van der Waals surface area contributed by atoms with E-state index in [1.165, 1.54) is 6.07 Å². The molecular formula is C22H16ClFN2O4S.